The maximum absolute atomic E-state index is 13.1. The SMILES string of the molecule is O=C(CN1C(=O)C(=Cc2cccc(Cl)c2)Oc2ccccc21)NCCN1CCOCC1. The van der Waals surface area contributed by atoms with Crippen molar-refractivity contribution < 1.29 is 19.1 Å². The maximum atomic E-state index is 13.1. The summed E-state index contributed by atoms with van der Waals surface area (Å²) < 4.78 is 11.2. The van der Waals surface area contributed by atoms with E-state index in [0.29, 0.717) is 23.0 Å². The van der Waals surface area contributed by atoms with E-state index in [1.165, 1.54) is 4.90 Å². The van der Waals surface area contributed by atoms with E-state index in [2.05, 4.69) is 10.2 Å². The van der Waals surface area contributed by atoms with Gasteiger partial charge in [0.05, 0.1) is 18.9 Å². The number of hydrogen-bond acceptors (Lipinski definition) is 5. The number of benzene rings is 2. The van der Waals surface area contributed by atoms with Crippen LogP contribution in [0.4, 0.5) is 5.69 Å². The molecule has 2 aromatic carbocycles. The minimum atomic E-state index is -0.373. The molecule has 1 fully saturated rings. The highest BCUT2D eigenvalue weighted by Crippen LogP contribution is 2.35. The Morgan fingerprint density at radius 3 is 2.74 bits per heavy atom. The molecule has 2 aromatic rings. The Bertz CT molecular complexity index is 988. The summed E-state index contributed by atoms with van der Waals surface area (Å²) in [5.41, 5.74) is 1.31. The molecule has 1 saturated heterocycles. The van der Waals surface area contributed by atoms with E-state index in [1.54, 1.807) is 36.4 Å². The van der Waals surface area contributed by atoms with Gasteiger partial charge in [-0.05, 0) is 35.9 Å². The van der Waals surface area contributed by atoms with Crippen molar-refractivity contribution in [2.45, 2.75) is 0 Å². The Hall–Kier alpha value is -2.87. The van der Waals surface area contributed by atoms with Gasteiger partial charge < -0.3 is 14.8 Å². The van der Waals surface area contributed by atoms with Gasteiger partial charge in [-0.15, -0.1) is 0 Å². The average molecular weight is 442 g/mol. The van der Waals surface area contributed by atoms with Gasteiger partial charge in [-0.2, -0.15) is 0 Å². The number of nitrogens with zero attached hydrogens (tertiary/aromatic N) is 2. The predicted molar refractivity (Wildman–Crippen MR) is 119 cm³/mol. The monoisotopic (exact) mass is 441 g/mol. The van der Waals surface area contributed by atoms with Crippen LogP contribution >= 0.6 is 11.6 Å². The van der Waals surface area contributed by atoms with Crippen molar-refractivity contribution in [2.24, 2.45) is 0 Å². The second kappa shape index (κ2) is 9.96. The molecule has 2 heterocycles. The smallest absolute Gasteiger partial charge is 0.294 e. The number of rotatable bonds is 6. The molecule has 0 radical (unpaired) electrons. The van der Waals surface area contributed by atoms with E-state index in [1.807, 2.05) is 18.2 Å². The van der Waals surface area contributed by atoms with Crippen LogP contribution in [0.5, 0.6) is 5.75 Å². The maximum Gasteiger partial charge on any atom is 0.294 e. The van der Waals surface area contributed by atoms with Gasteiger partial charge in [-0.3, -0.25) is 19.4 Å². The molecule has 0 spiro atoms. The summed E-state index contributed by atoms with van der Waals surface area (Å²) in [7, 11) is 0. The normalized spacial score (nSPS) is 17.9. The number of carbonyl (C=O) groups is 2. The van der Waals surface area contributed by atoms with Crippen LogP contribution in [0, 0.1) is 0 Å². The molecular weight excluding hydrogens is 418 g/mol. The summed E-state index contributed by atoms with van der Waals surface area (Å²) in [6.45, 7) is 4.34. The van der Waals surface area contributed by atoms with Crippen LogP contribution in [0.1, 0.15) is 5.56 Å². The number of anilines is 1. The topological polar surface area (TPSA) is 71.1 Å². The molecule has 0 atom stereocenters. The molecule has 2 amide bonds. The first-order valence-corrected chi connectivity index (χ1v) is 10.6. The van der Waals surface area contributed by atoms with Crippen molar-refractivity contribution in [3.8, 4) is 5.75 Å². The number of ether oxygens (including phenoxy) is 2. The van der Waals surface area contributed by atoms with Crippen molar-refractivity contribution in [1.29, 1.82) is 0 Å². The van der Waals surface area contributed by atoms with E-state index in [4.69, 9.17) is 21.1 Å². The van der Waals surface area contributed by atoms with Crippen molar-refractivity contribution >= 4 is 35.2 Å². The Balaban J connectivity index is 1.46. The highest BCUT2D eigenvalue weighted by molar-refractivity contribution is 6.30. The van der Waals surface area contributed by atoms with Gasteiger partial charge in [-0.25, -0.2) is 0 Å². The summed E-state index contributed by atoms with van der Waals surface area (Å²) in [6.07, 6.45) is 1.63. The third kappa shape index (κ3) is 5.44. The lowest BCUT2D eigenvalue weighted by atomic mass is 10.1. The van der Waals surface area contributed by atoms with Crippen molar-refractivity contribution in [1.82, 2.24) is 10.2 Å². The Labute approximate surface area is 186 Å². The fraction of sp³-hybridized carbons (Fsp3) is 0.304. The molecule has 8 heteroatoms. The molecule has 0 aliphatic carbocycles. The molecule has 7 nitrogen and oxygen atoms in total. The van der Waals surface area contributed by atoms with Crippen LogP contribution in [0.25, 0.3) is 6.08 Å². The minimum absolute atomic E-state index is 0.0881. The fourth-order valence-electron chi connectivity index (χ4n) is 3.54. The first-order valence-electron chi connectivity index (χ1n) is 10.2. The van der Waals surface area contributed by atoms with Gasteiger partial charge in [0.15, 0.2) is 11.5 Å². The fourth-order valence-corrected chi connectivity index (χ4v) is 3.74. The quantitative estimate of drug-likeness (QED) is 0.697. The second-order valence-electron chi connectivity index (χ2n) is 7.33. The standard InChI is InChI=1S/C23H24ClN3O4/c24-18-5-3-4-17(14-18)15-21-23(29)27(19-6-1-2-7-20(19)31-21)16-22(28)25-8-9-26-10-12-30-13-11-26/h1-7,14-15H,8-13,16H2,(H,25,28). The minimum Gasteiger partial charge on any atom is -0.449 e. The van der Waals surface area contributed by atoms with Crippen LogP contribution in [0.15, 0.2) is 54.3 Å². The molecule has 4 rings (SSSR count). The third-order valence-electron chi connectivity index (χ3n) is 5.13. The molecule has 0 aromatic heterocycles. The Morgan fingerprint density at radius 1 is 1.13 bits per heavy atom. The van der Waals surface area contributed by atoms with Gasteiger partial charge in [-0.1, -0.05) is 35.9 Å². The van der Waals surface area contributed by atoms with Gasteiger partial charge in [0.2, 0.25) is 5.91 Å². The lowest BCUT2D eigenvalue weighted by Gasteiger charge is -2.30. The molecule has 0 saturated carbocycles. The zero-order valence-corrected chi connectivity index (χ0v) is 17.8. The predicted octanol–water partition coefficient (Wildman–Crippen LogP) is 2.55. The Morgan fingerprint density at radius 2 is 1.94 bits per heavy atom. The summed E-state index contributed by atoms with van der Waals surface area (Å²) in [6, 6.07) is 14.3. The van der Waals surface area contributed by atoms with Crippen molar-refractivity contribution in [3.63, 3.8) is 0 Å². The highest BCUT2D eigenvalue weighted by Gasteiger charge is 2.31. The largest absolute Gasteiger partial charge is 0.449 e. The van der Waals surface area contributed by atoms with E-state index in [-0.39, 0.29) is 24.1 Å². The van der Waals surface area contributed by atoms with E-state index in [9.17, 15) is 9.59 Å². The summed E-state index contributed by atoms with van der Waals surface area (Å²) in [5, 5.41) is 3.47. The molecule has 31 heavy (non-hydrogen) atoms. The molecular formula is C23H24ClN3O4. The molecule has 162 valence electrons. The molecule has 0 bridgehead atoms. The lowest BCUT2D eigenvalue weighted by molar-refractivity contribution is -0.123. The Kier molecular flexibility index (Phi) is 6.86. The first-order chi connectivity index (χ1) is 15.1. The van der Waals surface area contributed by atoms with Gasteiger partial charge in [0.1, 0.15) is 6.54 Å². The third-order valence-corrected chi connectivity index (χ3v) is 5.37. The summed E-state index contributed by atoms with van der Waals surface area (Å²) in [4.78, 5) is 29.4. The van der Waals surface area contributed by atoms with Gasteiger partial charge in [0.25, 0.3) is 5.91 Å². The zero-order valence-electron chi connectivity index (χ0n) is 17.1. The summed E-state index contributed by atoms with van der Waals surface area (Å²) >= 11 is 6.05. The number of para-hydroxylation sites is 2. The van der Waals surface area contributed by atoms with Gasteiger partial charge >= 0.3 is 0 Å². The molecule has 2 aliphatic rings. The van der Waals surface area contributed by atoms with Crippen LogP contribution in [-0.4, -0.2) is 62.7 Å². The number of carbonyl (C=O) groups excluding carboxylic acids is 2. The molecule has 2 aliphatic heterocycles. The van der Waals surface area contributed by atoms with Crippen LogP contribution in [0.3, 0.4) is 0 Å². The highest BCUT2D eigenvalue weighted by atomic mass is 35.5. The van der Waals surface area contributed by atoms with E-state index >= 15 is 0 Å². The number of morpholine rings is 1. The average Bonchev–Trinajstić information content (AvgIpc) is 2.77. The van der Waals surface area contributed by atoms with Crippen molar-refractivity contribution in [2.75, 3.05) is 50.8 Å². The second-order valence-corrected chi connectivity index (χ2v) is 7.77. The first kappa shape index (κ1) is 21.4. The van der Waals surface area contributed by atoms with E-state index < -0.39 is 0 Å². The van der Waals surface area contributed by atoms with Crippen molar-refractivity contribution in [3.05, 3.63) is 64.9 Å². The number of amides is 2. The van der Waals surface area contributed by atoms with Crippen LogP contribution in [0.2, 0.25) is 5.02 Å². The molecule has 1 N–H and O–H groups in total. The number of hydrogen-bond donors (Lipinski definition) is 1. The van der Waals surface area contributed by atoms with Crippen LogP contribution < -0.4 is 15.0 Å². The summed E-state index contributed by atoms with van der Waals surface area (Å²) in [5.74, 6) is 0.0704. The lowest BCUT2D eigenvalue weighted by Crippen LogP contribution is -2.46. The van der Waals surface area contributed by atoms with Crippen LogP contribution in [-0.2, 0) is 14.3 Å². The van der Waals surface area contributed by atoms with E-state index in [0.717, 1.165) is 38.4 Å². The molecule has 0 unspecified atom stereocenters. The van der Waals surface area contributed by atoms with Gasteiger partial charge in [0, 0.05) is 31.2 Å². The zero-order chi connectivity index (χ0) is 21.6. The number of fused-ring (bicyclic) bond motifs is 1. The number of halogens is 1. The number of nitrogens with one attached hydrogen (secondary N) is 1.